The van der Waals surface area contributed by atoms with Crippen molar-refractivity contribution >= 4 is 12.4 Å². The lowest BCUT2D eigenvalue weighted by molar-refractivity contribution is 0.404. The van der Waals surface area contributed by atoms with E-state index in [1.165, 1.54) is 6.07 Å². The van der Waals surface area contributed by atoms with Crippen molar-refractivity contribution in [3.63, 3.8) is 0 Å². The number of nitrogens with two attached hydrogens (primary N) is 1. The molecule has 0 aliphatic carbocycles. The van der Waals surface area contributed by atoms with Gasteiger partial charge in [0.25, 0.3) is 0 Å². The molecule has 2 aromatic rings. The third-order valence-corrected chi connectivity index (χ3v) is 2.31. The summed E-state index contributed by atoms with van der Waals surface area (Å²) in [5, 5.41) is 0. The van der Waals surface area contributed by atoms with E-state index in [-0.39, 0.29) is 24.5 Å². The molecule has 0 spiro atoms. The van der Waals surface area contributed by atoms with Gasteiger partial charge in [-0.3, -0.25) is 0 Å². The number of rotatable bonds is 3. The molecule has 0 heterocycles. The van der Waals surface area contributed by atoms with Crippen LogP contribution < -0.4 is 10.5 Å². The molecule has 2 nitrogen and oxygen atoms in total. The normalized spacial score (nSPS) is 9.72. The van der Waals surface area contributed by atoms with Crippen molar-refractivity contribution in [2.24, 2.45) is 5.73 Å². The second-order valence-electron chi connectivity index (χ2n) is 3.47. The standard InChI is InChI=1S/C13H11F2NO.ClH/c14-11-7-6-9(8-16)12(15)13(11)17-10-4-2-1-3-5-10;/h1-7H,8,16H2;1H. The fraction of sp³-hybridized carbons (Fsp3) is 0.0769. The average molecular weight is 272 g/mol. The number of benzene rings is 2. The zero-order valence-electron chi connectivity index (χ0n) is 9.40. The largest absolute Gasteiger partial charge is 0.451 e. The Morgan fingerprint density at radius 2 is 1.67 bits per heavy atom. The van der Waals surface area contributed by atoms with Crippen LogP contribution in [0.4, 0.5) is 8.78 Å². The van der Waals surface area contributed by atoms with Crippen LogP contribution in [-0.4, -0.2) is 0 Å². The molecule has 0 atom stereocenters. The minimum atomic E-state index is -0.753. The summed E-state index contributed by atoms with van der Waals surface area (Å²) in [6.07, 6.45) is 0. The van der Waals surface area contributed by atoms with Gasteiger partial charge in [0.2, 0.25) is 0 Å². The van der Waals surface area contributed by atoms with Crippen LogP contribution >= 0.6 is 12.4 Å². The Balaban J connectivity index is 0.00000162. The summed E-state index contributed by atoms with van der Waals surface area (Å²) in [6, 6.07) is 10.9. The third kappa shape index (κ3) is 2.97. The molecule has 0 bridgehead atoms. The van der Waals surface area contributed by atoms with Crippen LogP contribution in [0.5, 0.6) is 11.5 Å². The van der Waals surface area contributed by atoms with Gasteiger partial charge < -0.3 is 10.5 Å². The van der Waals surface area contributed by atoms with Gasteiger partial charge in [-0.05, 0) is 18.2 Å². The van der Waals surface area contributed by atoms with Crippen LogP contribution in [0, 0.1) is 11.6 Å². The van der Waals surface area contributed by atoms with E-state index < -0.39 is 17.4 Å². The van der Waals surface area contributed by atoms with E-state index in [0.717, 1.165) is 6.07 Å². The summed E-state index contributed by atoms with van der Waals surface area (Å²) in [5.41, 5.74) is 5.56. The van der Waals surface area contributed by atoms with Gasteiger partial charge in [0.1, 0.15) is 5.75 Å². The van der Waals surface area contributed by atoms with E-state index in [2.05, 4.69) is 0 Å². The number of hydrogen-bond acceptors (Lipinski definition) is 2. The predicted molar refractivity (Wildman–Crippen MR) is 68.0 cm³/mol. The van der Waals surface area contributed by atoms with Crippen molar-refractivity contribution in [2.45, 2.75) is 6.54 Å². The van der Waals surface area contributed by atoms with Gasteiger partial charge in [-0.1, -0.05) is 24.3 Å². The maximum absolute atomic E-state index is 13.8. The van der Waals surface area contributed by atoms with E-state index in [9.17, 15) is 8.78 Å². The minimum Gasteiger partial charge on any atom is -0.451 e. The van der Waals surface area contributed by atoms with E-state index >= 15 is 0 Å². The molecule has 0 fully saturated rings. The molecule has 96 valence electrons. The third-order valence-electron chi connectivity index (χ3n) is 2.31. The lowest BCUT2D eigenvalue weighted by atomic mass is 10.2. The predicted octanol–water partition coefficient (Wildman–Crippen LogP) is 3.64. The minimum absolute atomic E-state index is 0. The quantitative estimate of drug-likeness (QED) is 0.925. The van der Waals surface area contributed by atoms with E-state index in [0.29, 0.717) is 5.75 Å². The summed E-state index contributed by atoms with van der Waals surface area (Å²) in [4.78, 5) is 0. The molecule has 2 rings (SSSR count). The molecule has 2 aromatic carbocycles. The summed E-state index contributed by atoms with van der Waals surface area (Å²) in [6.45, 7) is -0.00272. The molecule has 0 unspecified atom stereocenters. The molecule has 0 saturated carbocycles. The van der Waals surface area contributed by atoms with Crippen LogP contribution in [0.1, 0.15) is 5.56 Å². The average Bonchev–Trinajstić information content (AvgIpc) is 2.36. The molecule has 18 heavy (non-hydrogen) atoms. The molecule has 0 saturated heterocycles. The SMILES string of the molecule is Cl.NCc1ccc(F)c(Oc2ccccc2)c1F. The first-order valence-electron chi connectivity index (χ1n) is 5.12. The zero-order chi connectivity index (χ0) is 12.3. The van der Waals surface area contributed by atoms with E-state index in [1.807, 2.05) is 0 Å². The summed E-state index contributed by atoms with van der Waals surface area (Å²) in [7, 11) is 0. The lowest BCUT2D eigenvalue weighted by Gasteiger charge is -2.09. The summed E-state index contributed by atoms with van der Waals surface area (Å²) < 4.78 is 32.4. The number of ether oxygens (including phenoxy) is 1. The Morgan fingerprint density at radius 3 is 2.28 bits per heavy atom. The summed E-state index contributed by atoms with van der Waals surface area (Å²) >= 11 is 0. The molecule has 2 N–H and O–H groups in total. The lowest BCUT2D eigenvalue weighted by Crippen LogP contribution is -2.03. The second-order valence-corrected chi connectivity index (χ2v) is 3.47. The van der Waals surface area contributed by atoms with Crippen LogP contribution in [-0.2, 0) is 6.54 Å². The van der Waals surface area contributed by atoms with E-state index in [4.69, 9.17) is 10.5 Å². The van der Waals surface area contributed by atoms with Crippen LogP contribution in [0.2, 0.25) is 0 Å². The van der Waals surface area contributed by atoms with Gasteiger partial charge in [-0.2, -0.15) is 0 Å². The molecular weight excluding hydrogens is 260 g/mol. The van der Waals surface area contributed by atoms with Crippen molar-refractivity contribution < 1.29 is 13.5 Å². The van der Waals surface area contributed by atoms with E-state index in [1.54, 1.807) is 30.3 Å². The number of hydrogen-bond donors (Lipinski definition) is 1. The summed E-state index contributed by atoms with van der Waals surface area (Å²) in [5.74, 6) is -1.54. The first kappa shape index (κ1) is 14.4. The highest BCUT2D eigenvalue weighted by Crippen LogP contribution is 2.29. The van der Waals surface area contributed by atoms with Gasteiger partial charge in [-0.25, -0.2) is 8.78 Å². The highest BCUT2D eigenvalue weighted by molar-refractivity contribution is 5.85. The fourth-order valence-corrected chi connectivity index (χ4v) is 1.43. The number of para-hydroxylation sites is 1. The van der Waals surface area contributed by atoms with Crippen LogP contribution in [0.25, 0.3) is 0 Å². The Labute approximate surface area is 110 Å². The molecule has 0 aliphatic heterocycles. The van der Waals surface area contributed by atoms with Gasteiger partial charge in [0.05, 0.1) is 0 Å². The molecule has 5 heteroatoms. The van der Waals surface area contributed by atoms with Gasteiger partial charge in [0, 0.05) is 12.1 Å². The molecular formula is C13H12ClF2NO. The Bertz CT molecular complexity index is 520. The van der Waals surface area contributed by atoms with Gasteiger partial charge >= 0.3 is 0 Å². The number of halogens is 3. The van der Waals surface area contributed by atoms with Crippen molar-refractivity contribution in [1.82, 2.24) is 0 Å². The maximum Gasteiger partial charge on any atom is 0.198 e. The second kappa shape index (κ2) is 6.33. The van der Waals surface area contributed by atoms with Crippen molar-refractivity contribution in [3.8, 4) is 11.5 Å². The molecule has 0 aromatic heterocycles. The molecule has 0 aliphatic rings. The van der Waals surface area contributed by atoms with Crippen molar-refractivity contribution in [3.05, 3.63) is 59.7 Å². The van der Waals surface area contributed by atoms with Crippen LogP contribution in [0.15, 0.2) is 42.5 Å². The van der Waals surface area contributed by atoms with Crippen molar-refractivity contribution in [2.75, 3.05) is 0 Å². The first-order chi connectivity index (χ1) is 8.22. The zero-order valence-corrected chi connectivity index (χ0v) is 10.2. The monoisotopic (exact) mass is 271 g/mol. The fourth-order valence-electron chi connectivity index (χ4n) is 1.43. The van der Waals surface area contributed by atoms with Gasteiger partial charge in [0.15, 0.2) is 17.4 Å². The van der Waals surface area contributed by atoms with Gasteiger partial charge in [-0.15, -0.1) is 12.4 Å². The van der Waals surface area contributed by atoms with Crippen molar-refractivity contribution in [1.29, 1.82) is 0 Å². The maximum atomic E-state index is 13.8. The first-order valence-corrected chi connectivity index (χ1v) is 5.12. The molecule has 0 amide bonds. The van der Waals surface area contributed by atoms with Crippen LogP contribution in [0.3, 0.4) is 0 Å². The smallest absolute Gasteiger partial charge is 0.198 e. The molecule has 0 radical (unpaired) electrons. The highest BCUT2D eigenvalue weighted by atomic mass is 35.5. The highest BCUT2D eigenvalue weighted by Gasteiger charge is 2.14. The Morgan fingerprint density at radius 1 is 1.00 bits per heavy atom. The Kier molecular flexibility index (Phi) is 5.07. The topological polar surface area (TPSA) is 35.2 Å². The Hall–Kier alpha value is -1.65.